The Balaban J connectivity index is 1.56. The fourth-order valence-electron chi connectivity index (χ4n) is 4.39. The van der Waals surface area contributed by atoms with E-state index in [-0.39, 0.29) is 35.6 Å². The molecule has 0 aromatic carbocycles. The quantitative estimate of drug-likeness (QED) is 0.773. The number of likely N-dealkylation sites (tertiary alicyclic amines) is 1. The molecule has 1 N–H and O–H groups in total. The Kier molecular flexibility index (Phi) is 5.37. The van der Waals surface area contributed by atoms with Gasteiger partial charge in [-0.15, -0.1) is 6.58 Å². The van der Waals surface area contributed by atoms with Gasteiger partial charge in [-0.2, -0.15) is 0 Å². The van der Waals surface area contributed by atoms with Crippen LogP contribution in [0.5, 0.6) is 0 Å². The summed E-state index contributed by atoms with van der Waals surface area (Å²) >= 11 is 0. The molecule has 156 valence electrons. The summed E-state index contributed by atoms with van der Waals surface area (Å²) in [6, 6.07) is 3.62. The van der Waals surface area contributed by atoms with Crippen LogP contribution in [0.15, 0.2) is 43.4 Å². The van der Waals surface area contributed by atoms with Gasteiger partial charge in [0.05, 0.1) is 17.7 Å². The van der Waals surface area contributed by atoms with Gasteiger partial charge in [0.1, 0.15) is 0 Å². The highest BCUT2D eigenvalue weighted by Gasteiger charge is 2.38. The van der Waals surface area contributed by atoms with Gasteiger partial charge in [0.15, 0.2) is 5.82 Å². The van der Waals surface area contributed by atoms with Crippen molar-refractivity contribution >= 4 is 11.8 Å². The minimum atomic E-state index is -0.331. The van der Waals surface area contributed by atoms with E-state index in [2.05, 4.69) is 35.7 Å². The molecular formula is C23H27N5O2. The molecule has 2 amide bonds. The van der Waals surface area contributed by atoms with Crippen LogP contribution in [0.4, 0.5) is 0 Å². The summed E-state index contributed by atoms with van der Waals surface area (Å²) < 4.78 is 0. The number of nitrogens with one attached hydrogen (secondary N) is 1. The Morgan fingerprint density at radius 1 is 1.37 bits per heavy atom. The summed E-state index contributed by atoms with van der Waals surface area (Å²) in [4.78, 5) is 40.2. The molecule has 7 heteroatoms. The maximum Gasteiger partial charge on any atom is 0.225 e. The number of carbonyl (C=O) groups excluding carboxylic acids is 2. The Bertz CT molecular complexity index is 973. The fourth-order valence-corrected chi connectivity index (χ4v) is 4.39. The second-order valence-electron chi connectivity index (χ2n) is 8.93. The molecule has 2 atom stereocenters. The number of fused-ring (bicyclic) bond motifs is 1. The van der Waals surface area contributed by atoms with Gasteiger partial charge in [-0.3, -0.25) is 14.6 Å². The number of pyridine rings is 1. The van der Waals surface area contributed by atoms with Gasteiger partial charge in [-0.1, -0.05) is 19.9 Å². The van der Waals surface area contributed by atoms with Crippen molar-refractivity contribution in [1.82, 2.24) is 25.2 Å². The Labute approximate surface area is 176 Å². The maximum absolute atomic E-state index is 13.0. The summed E-state index contributed by atoms with van der Waals surface area (Å²) in [6.45, 7) is 8.98. The molecule has 0 radical (unpaired) electrons. The highest BCUT2D eigenvalue weighted by Crippen LogP contribution is 2.40. The highest BCUT2D eigenvalue weighted by atomic mass is 16.2. The van der Waals surface area contributed by atoms with E-state index in [4.69, 9.17) is 4.98 Å². The lowest BCUT2D eigenvalue weighted by Crippen LogP contribution is -2.40. The van der Waals surface area contributed by atoms with Crippen molar-refractivity contribution in [2.45, 2.75) is 39.2 Å². The smallest absolute Gasteiger partial charge is 0.225 e. The van der Waals surface area contributed by atoms with Crippen molar-refractivity contribution in [2.75, 3.05) is 13.1 Å². The van der Waals surface area contributed by atoms with Crippen molar-refractivity contribution in [3.05, 3.63) is 54.6 Å². The van der Waals surface area contributed by atoms with Crippen LogP contribution in [0.3, 0.4) is 0 Å². The standard InChI is InChI=1S/C23H27N5O2/c1-4-9-28-14-16(10-20(28)29)22(30)27-19-12-23(2,3)11-18-17(19)13-25-21(26-18)15-5-7-24-8-6-15/h4-8,13,16,19H,1,9-12,14H2,2-3H3,(H,27,30). The van der Waals surface area contributed by atoms with Crippen LogP contribution in [0, 0.1) is 11.3 Å². The van der Waals surface area contributed by atoms with Crippen LogP contribution in [-0.4, -0.2) is 44.8 Å². The van der Waals surface area contributed by atoms with Crippen LogP contribution >= 0.6 is 0 Å². The van der Waals surface area contributed by atoms with Crippen LogP contribution in [0.2, 0.25) is 0 Å². The van der Waals surface area contributed by atoms with E-state index in [9.17, 15) is 9.59 Å². The van der Waals surface area contributed by atoms with Gasteiger partial charge in [-0.05, 0) is 30.4 Å². The fraction of sp³-hybridized carbons (Fsp3) is 0.435. The zero-order chi connectivity index (χ0) is 21.3. The van der Waals surface area contributed by atoms with Crippen molar-refractivity contribution in [1.29, 1.82) is 0 Å². The van der Waals surface area contributed by atoms with Crippen molar-refractivity contribution < 1.29 is 9.59 Å². The van der Waals surface area contributed by atoms with Crippen molar-refractivity contribution in [2.24, 2.45) is 11.3 Å². The summed E-state index contributed by atoms with van der Waals surface area (Å²) in [5.41, 5.74) is 2.85. The summed E-state index contributed by atoms with van der Waals surface area (Å²) in [5, 5.41) is 3.18. The normalized spacial score (nSPS) is 22.5. The number of nitrogens with zero attached hydrogens (tertiary/aromatic N) is 4. The van der Waals surface area contributed by atoms with E-state index < -0.39 is 0 Å². The number of carbonyl (C=O) groups is 2. The van der Waals surface area contributed by atoms with Gasteiger partial charge < -0.3 is 10.2 Å². The highest BCUT2D eigenvalue weighted by molar-refractivity contribution is 5.89. The van der Waals surface area contributed by atoms with Gasteiger partial charge in [0.25, 0.3) is 0 Å². The molecule has 1 aliphatic heterocycles. The minimum absolute atomic E-state index is 0.00440. The molecule has 30 heavy (non-hydrogen) atoms. The van der Waals surface area contributed by atoms with E-state index >= 15 is 0 Å². The van der Waals surface area contributed by atoms with E-state index in [0.717, 1.165) is 29.7 Å². The first-order chi connectivity index (χ1) is 14.4. The summed E-state index contributed by atoms with van der Waals surface area (Å²) in [7, 11) is 0. The third-order valence-electron chi connectivity index (χ3n) is 5.87. The molecule has 4 rings (SSSR count). The first-order valence-corrected chi connectivity index (χ1v) is 10.3. The summed E-state index contributed by atoms with van der Waals surface area (Å²) in [6.07, 6.45) is 8.86. The molecule has 0 spiro atoms. The van der Waals surface area contributed by atoms with Gasteiger partial charge in [0, 0.05) is 49.2 Å². The molecule has 2 aromatic rings. The first-order valence-electron chi connectivity index (χ1n) is 10.3. The van der Waals surface area contributed by atoms with Gasteiger partial charge >= 0.3 is 0 Å². The Morgan fingerprint density at radius 2 is 2.13 bits per heavy atom. The lowest BCUT2D eigenvalue weighted by Gasteiger charge is -2.37. The molecule has 2 unspecified atom stereocenters. The number of rotatable bonds is 5. The summed E-state index contributed by atoms with van der Waals surface area (Å²) in [5.74, 6) is 0.259. The van der Waals surface area contributed by atoms with E-state index in [1.54, 1.807) is 23.4 Å². The van der Waals surface area contributed by atoms with E-state index in [1.165, 1.54) is 0 Å². The predicted molar refractivity (Wildman–Crippen MR) is 113 cm³/mol. The monoisotopic (exact) mass is 405 g/mol. The largest absolute Gasteiger partial charge is 0.349 e. The third kappa shape index (κ3) is 4.10. The molecule has 1 aliphatic carbocycles. The number of amides is 2. The first kappa shape index (κ1) is 20.2. The lowest BCUT2D eigenvalue weighted by atomic mass is 9.74. The van der Waals surface area contributed by atoms with Crippen molar-refractivity contribution in [3.8, 4) is 11.4 Å². The molecule has 0 bridgehead atoms. The zero-order valence-electron chi connectivity index (χ0n) is 17.5. The molecule has 1 saturated heterocycles. The second kappa shape index (κ2) is 7.97. The molecule has 7 nitrogen and oxygen atoms in total. The number of aromatic nitrogens is 3. The van der Waals surface area contributed by atoms with Crippen LogP contribution < -0.4 is 5.32 Å². The van der Waals surface area contributed by atoms with E-state index in [0.29, 0.717) is 18.9 Å². The predicted octanol–water partition coefficient (Wildman–Crippen LogP) is 2.70. The lowest BCUT2D eigenvalue weighted by molar-refractivity contribution is -0.129. The molecule has 0 saturated carbocycles. The Hall–Kier alpha value is -3.09. The maximum atomic E-state index is 13.0. The zero-order valence-corrected chi connectivity index (χ0v) is 17.5. The number of hydrogen-bond donors (Lipinski definition) is 1. The van der Waals surface area contributed by atoms with E-state index in [1.807, 2.05) is 18.3 Å². The molecule has 3 heterocycles. The van der Waals surface area contributed by atoms with Gasteiger partial charge in [0.2, 0.25) is 11.8 Å². The molecule has 1 fully saturated rings. The third-order valence-corrected chi connectivity index (χ3v) is 5.87. The average molecular weight is 406 g/mol. The van der Waals surface area contributed by atoms with Crippen LogP contribution in [0.25, 0.3) is 11.4 Å². The topological polar surface area (TPSA) is 88.1 Å². The van der Waals surface area contributed by atoms with Crippen molar-refractivity contribution in [3.63, 3.8) is 0 Å². The van der Waals surface area contributed by atoms with Crippen LogP contribution in [-0.2, 0) is 16.0 Å². The van der Waals surface area contributed by atoms with Gasteiger partial charge in [-0.25, -0.2) is 9.97 Å². The minimum Gasteiger partial charge on any atom is -0.349 e. The van der Waals surface area contributed by atoms with Crippen LogP contribution in [0.1, 0.15) is 44.0 Å². The molecule has 2 aliphatic rings. The SMILES string of the molecule is C=CCN1CC(C(=O)NC2CC(C)(C)Cc3nc(-c4ccncc4)ncc32)CC1=O. The molecule has 2 aromatic heterocycles. The average Bonchev–Trinajstić information content (AvgIpc) is 3.08. The Morgan fingerprint density at radius 3 is 2.87 bits per heavy atom. The molecular weight excluding hydrogens is 378 g/mol. The number of hydrogen-bond acceptors (Lipinski definition) is 5. The second-order valence-corrected chi connectivity index (χ2v) is 8.93.